The van der Waals surface area contributed by atoms with Crippen molar-refractivity contribution in [1.29, 1.82) is 0 Å². The third-order valence-electron chi connectivity index (χ3n) is 4.31. The highest BCUT2D eigenvalue weighted by Gasteiger charge is 2.22. The Morgan fingerprint density at radius 3 is 2.67 bits per heavy atom. The lowest BCUT2D eigenvalue weighted by atomic mass is 10.1. The van der Waals surface area contributed by atoms with Gasteiger partial charge in [-0.2, -0.15) is 0 Å². The van der Waals surface area contributed by atoms with Crippen LogP contribution in [-0.4, -0.2) is 24.8 Å². The van der Waals surface area contributed by atoms with E-state index in [1.165, 1.54) is 18.5 Å². The van der Waals surface area contributed by atoms with Crippen LogP contribution < -0.4 is 10.9 Å². The summed E-state index contributed by atoms with van der Waals surface area (Å²) in [6.07, 6.45) is 4.76. The van der Waals surface area contributed by atoms with Gasteiger partial charge in [0.15, 0.2) is 0 Å². The molecule has 0 aromatic carbocycles. The van der Waals surface area contributed by atoms with E-state index in [0.29, 0.717) is 25.1 Å². The molecule has 0 bridgehead atoms. The molecular formula is C17H28N2O2. The van der Waals surface area contributed by atoms with Crippen molar-refractivity contribution in [2.45, 2.75) is 58.0 Å². The Morgan fingerprint density at radius 2 is 2.05 bits per heavy atom. The van der Waals surface area contributed by atoms with Crippen molar-refractivity contribution < 1.29 is 4.74 Å². The monoisotopic (exact) mass is 292 g/mol. The average molecular weight is 292 g/mol. The summed E-state index contributed by atoms with van der Waals surface area (Å²) in [6.45, 7) is 6.38. The first-order chi connectivity index (χ1) is 10.1. The second-order valence-corrected chi connectivity index (χ2v) is 6.22. The van der Waals surface area contributed by atoms with Gasteiger partial charge in [0.25, 0.3) is 5.56 Å². The van der Waals surface area contributed by atoms with Gasteiger partial charge in [-0.3, -0.25) is 4.79 Å². The Kier molecular flexibility index (Phi) is 6.00. The summed E-state index contributed by atoms with van der Waals surface area (Å²) in [6, 6.07) is 4.52. The van der Waals surface area contributed by atoms with Crippen LogP contribution in [-0.2, 0) is 11.3 Å². The molecule has 1 heterocycles. The minimum absolute atomic E-state index is 0.193. The van der Waals surface area contributed by atoms with Crippen LogP contribution in [0.15, 0.2) is 16.9 Å². The summed E-state index contributed by atoms with van der Waals surface area (Å²) in [7, 11) is 1.69. The fraction of sp³-hybridized carbons (Fsp3) is 0.706. The zero-order valence-corrected chi connectivity index (χ0v) is 13.5. The van der Waals surface area contributed by atoms with Crippen LogP contribution in [0.25, 0.3) is 0 Å². The Bertz CT molecular complexity index is 502. The number of nitrogens with one attached hydrogen (secondary N) is 1. The maximum Gasteiger partial charge on any atom is 0.255 e. The third kappa shape index (κ3) is 3.95. The summed E-state index contributed by atoms with van der Waals surface area (Å²) in [4.78, 5) is 12.8. The van der Waals surface area contributed by atoms with Crippen LogP contribution in [0.1, 0.15) is 62.7 Å². The third-order valence-corrected chi connectivity index (χ3v) is 4.31. The van der Waals surface area contributed by atoms with E-state index in [9.17, 15) is 4.79 Å². The first-order valence-electron chi connectivity index (χ1n) is 8.09. The van der Waals surface area contributed by atoms with Crippen LogP contribution in [0.4, 0.5) is 0 Å². The minimum atomic E-state index is 0.193. The molecule has 118 valence electrons. The van der Waals surface area contributed by atoms with E-state index in [-0.39, 0.29) is 5.56 Å². The van der Waals surface area contributed by atoms with Gasteiger partial charge in [0.05, 0.1) is 6.61 Å². The maximum absolute atomic E-state index is 12.8. The SMILES string of the molecule is COCCNCc1ccc(C(C)C)n(C2CCCC2)c1=O. The van der Waals surface area contributed by atoms with E-state index in [4.69, 9.17) is 4.74 Å². The molecule has 0 radical (unpaired) electrons. The molecule has 1 aliphatic rings. The van der Waals surface area contributed by atoms with Crippen molar-refractivity contribution in [3.8, 4) is 0 Å². The fourth-order valence-electron chi connectivity index (χ4n) is 3.15. The molecule has 4 nitrogen and oxygen atoms in total. The highest BCUT2D eigenvalue weighted by atomic mass is 16.5. The van der Waals surface area contributed by atoms with Gasteiger partial charge in [-0.1, -0.05) is 32.8 Å². The van der Waals surface area contributed by atoms with Gasteiger partial charge in [-0.15, -0.1) is 0 Å². The molecule has 0 spiro atoms. The molecule has 1 aliphatic carbocycles. The number of rotatable bonds is 7. The zero-order chi connectivity index (χ0) is 15.2. The van der Waals surface area contributed by atoms with Gasteiger partial charge in [0, 0.05) is 37.5 Å². The smallest absolute Gasteiger partial charge is 0.255 e. The molecule has 0 saturated heterocycles. The van der Waals surface area contributed by atoms with Crippen LogP contribution >= 0.6 is 0 Å². The van der Waals surface area contributed by atoms with Crippen LogP contribution in [0.5, 0.6) is 0 Å². The van der Waals surface area contributed by atoms with Gasteiger partial charge < -0.3 is 14.6 Å². The normalized spacial score (nSPS) is 16.0. The Balaban J connectivity index is 2.23. The lowest BCUT2D eigenvalue weighted by Gasteiger charge is -2.22. The van der Waals surface area contributed by atoms with Crippen LogP contribution in [0, 0.1) is 0 Å². The topological polar surface area (TPSA) is 43.3 Å². The van der Waals surface area contributed by atoms with E-state index in [2.05, 4.69) is 29.8 Å². The number of ether oxygens (including phenoxy) is 1. The Hall–Kier alpha value is -1.13. The molecule has 1 N–H and O–H groups in total. The second kappa shape index (κ2) is 7.76. The summed E-state index contributed by atoms with van der Waals surface area (Å²) >= 11 is 0. The number of nitrogens with zero attached hydrogens (tertiary/aromatic N) is 1. The average Bonchev–Trinajstić information content (AvgIpc) is 2.98. The Labute approximate surface area is 127 Å². The summed E-state index contributed by atoms with van der Waals surface area (Å²) in [5.41, 5.74) is 2.23. The quantitative estimate of drug-likeness (QED) is 0.786. The molecule has 21 heavy (non-hydrogen) atoms. The molecule has 1 fully saturated rings. The largest absolute Gasteiger partial charge is 0.383 e. The molecule has 2 rings (SSSR count). The second-order valence-electron chi connectivity index (χ2n) is 6.22. The van der Waals surface area contributed by atoms with Gasteiger partial charge in [0.1, 0.15) is 0 Å². The van der Waals surface area contributed by atoms with Crippen molar-refractivity contribution in [2.75, 3.05) is 20.3 Å². The van der Waals surface area contributed by atoms with E-state index >= 15 is 0 Å². The number of methoxy groups -OCH3 is 1. The first kappa shape index (κ1) is 16.2. The van der Waals surface area contributed by atoms with Gasteiger partial charge in [-0.05, 0) is 24.8 Å². The fourth-order valence-corrected chi connectivity index (χ4v) is 3.15. The molecule has 1 aromatic heterocycles. The highest BCUT2D eigenvalue weighted by Crippen LogP contribution is 2.31. The van der Waals surface area contributed by atoms with E-state index in [0.717, 1.165) is 24.9 Å². The molecule has 0 aliphatic heterocycles. The maximum atomic E-state index is 12.8. The van der Waals surface area contributed by atoms with Crippen molar-refractivity contribution in [3.05, 3.63) is 33.7 Å². The number of aromatic nitrogens is 1. The van der Waals surface area contributed by atoms with E-state index in [1.54, 1.807) is 7.11 Å². The molecule has 1 saturated carbocycles. The van der Waals surface area contributed by atoms with E-state index < -0.39 is 0 Å². The molecule has 0 atom stereocenters. The zero-order valence-electron chi connectivity index (χ0n) is 13.5. The van der Waals surface area contributed by atoms with Crippen molar-refractivity contribution >= 4 is 0 Å². The van der Waals surface area contributed by atoms with Gasteiger partial charge >= 0.3 is 0 Å². The van der Waals surface area contributed by atoms with Gasteiger partial charge in [0.2, 0.25) is 0 Å². The minimum Gasteiger partial charge on any atom is -0.383 e. The summed E-state index contributed by atoms with van der Waals surface area (Å²) in [5.74, 6) is 0.383. The summed E-state index contributed by atoms with van der Waals surface area (Å²) in [5, 5.41) is 3.27. The molecule has 4 heteroatoms. The van der Waals surface area contributed by atoms with Crippen molar-refractivity contribution in [3.63, 3.8) is 0 Å². The predicted molar refractivity (Wildman–Crippen MR) is 85.9 cm³/mol. The molecular weight excluding hydrogens is 264 g/mol. The Morgan fingerprint density at radius 1 is 1.33 bits per heavy atom. The van der Waals surface area contributed by atoms with E-state index in [1.807, 2.05) is 6.07 Å². The lowest BCUT2D eigenvalue weighted by molar-refractivity contribution is 0.199. The number of pyridine rings is 1. The predicted octanol–water partition coefficient (Wildman–Crippen LogP) is 2.82. The van der Waals surface area contributed by atoms with Crippen molar-refractivity contribution in [2.24, 2.45) is 0 Å². The van der Waals surface area contributed by atoms with Crippen LogP contribution in [0.3, 0.4) is 0 Å². The van der Waals surface area contributed by atoms with Crippen LogP contribution in [0.2, 0.25) is 0 Å². The first-order valence-corrected chi connectivity index (χ1v) is 8.09. The summed E-state index contributed by atoms with van der Waals surface area (Å²) < 4.78 is 7.09. The lowest BCUT2D eigenvalue weighted by Crippen LogP contribution is -2.32. The number of hydrogen-bond donors (Lipinski definition) is 1. The van der Waals surface area contributed by atoms with Crippen molar-refractivity contribution in [1.82, 2.24) is 9.88 Å². The molecule has 1 aromatic rings. The standard InChI is InChI=1S/C17H28N2O2/c1-13(2)16-9-8-14(12-18-10-11-21-3)17(20)19(16)15-6-4-5-7-15/h8-9,13,15,18H,4-7,10-12H2,1-3H3. The molecule has 0 amide bonds. The van der Waals surface area contributed by atoms with Gasteiger partial charge in [-0.25, -0.2) is 0 Å². The number of hydrogen-bond acceptors (Lipinski definition) is 3. The highest BCUT2D eigenvalue weighted by molar-refractivity contribution is 5.19. The molecule has 0 unspecified atom stereocenters.